The Bertz CT molecular complexity index is 756. The molecule has 0 spiro atoms. The van der Waals surface area contributed by atoms with Crippen LogP contribution in [0.3, 0.4) is 0 Å². The van der Waals surface area contributed by atoms with Crippen molar-refractivity contribution in [2.24, 2.45) is 0 Å². The number of ether oxygens (including phenoxy) is 2. The molecule has 0 saturated carbocycles. The lowest BCUT2D eigenvalue weighted by Crippen LogP contribution is -2.36. The number of halogens is 1. The third-order valence-electron chi connectivity index (χ3n) is 3.62. The average Bonchev–Trinajstić information content (AvgIpc) is 2.53. The maximum atomic E-state index is 13.0. The lowest BCUT2D eigenvalue weighted by atomic mass is 9.98. The van der Waals surface area contributed by atoms with Gasteiger partial charge >= 0.3 is 0 Å². The number of hydrogen-bond acceptors (Lipinski definition) is 5. The number of ketones is 1. The molecule has 1 aliphatic rings. The van der Waals surface area contributed by atoms with Crippen molar-refractivity contribution in [1.29, 1.82) is 0 Å². The SMILES string of the molecule is CC1(C)OCc2c(C(=O)c3ccc(F)cc3)cnc(CO)c2O1. The van der Waals surface area contributed by atoms with E-state index in [2.05, 4.69) is 4.98 Å². The number of nitrogens with zero attached hydrogens (tertiary/aromatic N) is 1. The van der Waals surface area contributed by atoms with E-state index in [4.69, 9.17) is 9.47 Å². The van der Waals surface area contributed by atoms with Crippen LogP contribution >= 0.6 is 0 Å². The Morgan fingerprint density at radius 2 is 2.04 bits per heavy atom. The second kappa shape index (κ2) is 5.72. The smallest absolute Gasteiger partial charge is 0.205 e. The Labute approximate surface area is 132 Å². The van der Waals surface area contributed by atoms with Crippen LogP contribution in [0, 0.1) is 5.82 Å². The van der Waals surface area contributed by atoms with E-state index in [0.717, 1.165) is 0 Å². The van der Waals surface area contributed by atoms with E-state index >= 15 is 0 Å². The fourth-order valence-electron chi connectivity index (χ4n) is 2.43. The zero-order chi connectivity index (χ0) is 16.6. The van der Waals surface area contributed by atoms with Crippen LogP contribution in [0.25, 0.3) is 0 Å². The molecular formula is C17H16FNO4. The van der Waals surface area contributed by atoms with Gasteiger partial charge in [-0.15, -0.1) is 0 Å². The Kier molecular flexibility index (Phi) is 3.87. The molecule has 2 aromatic rings. The highest BCUT2D eigenvalue weighted by atomic mass is 19.1. The highest BCUT2D eigenvalue weighted by Gasteiger charge is 2.32. The fourth-order valence-corrected chi connectivity index (χ4v) is 2.43. The predicted molar refractivity (Wildman–Crippen MR) is 79.5 cm³/mol. The molecule has 1 aliphatic heterocycles. The summed E-state index contributed by atoms with van der Waals surface area (Å²) in [4.78, 5) is 16.8. The van der Waals surface area contributed by atoms with Gasteiger partial charge in [-0.3, -0.25) is 9.78 Å². The number of carbonyl (C=O) groups excluding carboxylic acids is 1. The molecule has 0 atom stereocenters. The molecule has 0 bridgehead atoms. The van der Waals surface area contributed by atoms with Crippen molar-refractivity contribution in [1.82, 2.24) is 4.98 Å². The second-order valence-electron chi connectivity index (χ2n) is 5.71. The first-order valence-electron chi connectivity index (χ1n) is 7.16. The van der Waals surface area contributed by atoms with E-state index in [1.165, 1.54) is 30.5 Å². The zero-order valence-corrected chi connectivity index (χ0v) is 12.8. The first kappa shape index (κ1) is 15.6. The van der Waals surface area contributed by atoms with Gasteiger partial charge in [0.15, 0.2) is 11.5 Å². The highest BCUT2D eigenvalue weighted by Crippen LogP contribution is 2.36. The molecule has 5 nitrogen and oxygen atoms in total. The lowest BCUT2D eigenvalue weighted by Gasteiger charge is -2.34. The van der Waals surface area contributed by atoms with E-state index in [1.54, 1.807) is 13.8 Å². The Balaban J connectivity index is 2.07. The molecule has 0 radical (unpaired) electrons. The Morgan fingerprint density at radius 3 is 2.70 bits per heavy atom. The van der Waals surface area contributed by atoms with Crippen LogP contribution in [0.4, 0.5) is 4.39 Å². The summed E-state index contributed by atoms with van der Waals surface area (Å²) in [6.07, 6.45) is 1.39. The van der Waals surface area contributed by atoms with Gasteiger partial charge in [0.05, 0.1) is 18.8 Å². The molecule has 2 heterocycles. The summed E-state index contributed by atoms with van der Waals surface area (Å²) in [6, 6.07) is 5.29. The highest BCUT2D eigenvalue weighted by molar-refractivity contribution is 6.10. The fraction of sp³-hybridized carbons (Fsp3) is 0.294. The number of aliphatic hydroxyl groups is 1. The number of aromatic nitrogens is 1. The molecule has 1 N–H and O–H groups in total. The van der Waals surface area contributed by atoms with Crippen LogP contribution in [-0.4, -0.2) is 21.7 Å². The third-order valence-corrected chi connectivity index (χ3v) is 3.62. The van der Waals surface area contributed by atoms with Crippen molar-refractivity contribution in [2.75, 3.05) is 0 Å². The second-order valence-corrected chi connectivity index (χ2v) is 5.71. The van der Waals surface area contributed by atoms with Crippen LogP contribution in [0.1, 0.15) is 41.0 Å². The van der Waals surface area contributed by atoms with Gasteiger partial charge in [-0.1, -0.05) is 0 Å². The maximum Gasteiger partial charge on any atom is 0.205 e. The molecule has 1 aromatic carbocycles. The molecule has 0 amide bonds. The van der Waals surface area contributed by atoms with Gasteiger partial charge < -0.3 is 14.6 Å². The summed E-state index contributed by atoms with van der Waals surface area (Å²) in [5, 5.41) is 9.43. The van der Waals surface area contributed by atoms with Gasteiger partial charge in [-0.25, -0.2) is 4.39 Å². The largest absolute Gasteiger partial charge is 0.461 e. The molecule has 0 unspecified atom stereocenters. The zero-order valence-electron chi connectivity index (χ0n) is 12.8. The Hall–Kier alpha value is -2.31. The number of benzene rings is 1. The van der Waals surface area contributed by atoms with Crippen LogP contribution in [0.15, 0.2) is 30.5 Å². The molecule has 0 fully saturated rings. The minimum Gasteiger partial charge on any atom is -0.461 e. The van der Waals surface area contributed by atoms with Crippen molar-refractivity contribution < 1.29 is 23.8 Å². The summed E-state index contributed by atoms with van der Waals surface area (Å²) in [5.74, 6) is -1.21. The molecule has 0 saturated heterocycles. The molecule has 6 heteroatoms. The molecule has 120 valence electrons. The van der Waals surface area contributed by atoms with Crippen molar-refractivity contribution in [3.63, 3.8) is 0 Å². The van der Waals surface area contributed by atoms with E-state index in [-0.39, 0.29) is 19.0 Å². The van der Waals surface area contributed by atoms with Crippen molar-refractivity contribution in [2.45, 2.75) is 32.8 Å². The number of pyridine rings is 1. The number of aliphatic hydroxyl groups excluding tert-OH is 1. The summed E-state index contributed by atoms with van der Waals surface area (Å²) >= 11 is 0. The summed E-state index contributed by atoms with van der Waals surface area (Å²) in [6.45, 7) is 3.35. The summed E-state index contributed by atoms with van der Waals surface area (Å²) in [5.41, 5.74) is 1.56. The first-order chi connectivity index (χ1) is 10.9. The maximum absolute atomic E-state index is 13.0. The first-order valence-corrected chi connectivity index (χ1v) is 7.16. The Morgan fingerprint density at radius 1 is 1.35 bits per heavy atom. The van der Waals surface area contributed by atoms with Crippen LogP contribution < -0.4 is 4.74 Å². The quantitative estimate of drug-likeness (QED) is 0.881. The average molecular weight is 317 g/mol. The minimum absolute atomic E-state index is 0.167. The number of fused-ring (bicyclic) bond motifs is 1. The van der Waals surface area contributed by atoms with E-state index in [0.29, 0.717) is 28.1 Å². The molecular weight excluding hydrogens is 301 g/mol. The van der Waals surface area contributed by atoms with Gasteiger partial charge in [0.25, 0.3) is 0 Å². The normalized spacial score (nSPS) is 15.7. The van der Waals surface area contributed by atoms with Crippen LogP contribution in [-0.2, 0) is 18.0 Å². The van der Waals surface area contributed by atoms with Gasteiger partial charge in [0, 0.05) is 31.2 Å². The topological polar surface area (TPSA) is 68.7 Å². The lowest BCUT2D eigenvalue weighted by molar-refractivity contribution is -0.181. The number of hydrogen-bond donors (Lipinski definition) is 1. The van der Waals surface area contributed by atoms with Crippen LogP contribution in [0.5, 0.6) is 5.75 Å². The summed E-state index contributed by atoms with van der Waals surface area (Å²) < 4.78 is 24.3. The standard InChI is InChI=1S/C17H16FNO4/c1-17(2)22-9-13-12(7-19-14(8-20)16(13)23-17)15(21)10-3-5-11(18)6-4-10/h3-7,20H,8-9H2,1-2H3. The van der Waals surface area contributed by atoms with Crippen LogP contribution in [0.2, 0.25) is 0 Å². The molecule has 1 aromatic heterocycles. The predicted octanol–water partition coefficient (Wildman–Crippen LogP) is 2.59. The van der Waals surface area contributed by atoms with Gasteiger partial charge in [0.2, 0.25) is 5.79 Å². The molecule has 3 rings (SSSR count). The van der Waals surface area contributed by atoms with Gasteiger partial charge in [-0.2, -0.15) is 0 Å². The monoisotopic (exact) mass is 317 g/mol. The number of carbonyl (C=O) groups is 1. The van der Waals surface area contributed by atoms with E-state index in [9.17, 15) is 14.3 Å². The number of rotatable bonds is 3. The van der Waals surface area contributed by atoms with Crippen molar-refractivity contribution in [3.05, 3.63) is 58.7 Å². The van der Waals surface area contributed by atoms with Gasteiger partial charge in [-0.05, 0) is 24.3 Å². The molecule has 0 aliphatic carbocycles. The minimum atomic E-state index is -0.865. The van der Waals surface area contributed by atoms with Gasteiger partial charge in [0.1, 0.15) is 11.5 Å². The molecule has 23 heavy (non-hydrogen) atoms. The van der Waals surface area contributed by atoms with E-state index < -0.39 is 11.6 Å². The summed E-state index contributed by atoms with van der Waals surface area (Å²) in [7, 11) is 0. The van der Waals surface area contributed by atoms with E-state index in [1.807, 2.05) is 0 Å². The van der Waals surface area contributed by atoms with Crippen molar-refractivity contribution >= 4 is 5.78 Å². The third kappa shape index (κ3) is 2.95. The van der Waals surface area contributed by atoms with Crippen molar-refractivity contribution in [3.8, 4) is 5.75 Å².